The molecule has 1 atom stereocenters. The highest BCUT2D eigenvalue weighted by Gasteiger charge is 2.10. The summed E-state index contributed by atoms with van der Waals surface area (Å²) in [6, 6.07) is 5.33. The van der Waals surface area contributed by atoms with Crippen molar-refractivity contribution in [2.45, 2.75) is 38.8 Å². The Morgan fingerprint density at radius 2 is 2.29 bits per heavy atom. The first-order valence-corrected chi connectivity index (χ1v) is 7.06. The highest BCUT2D eigenvalue weighted by Crippen LogP contribution is 1.98. The number of amides is 1. The average Bonchev–Trinajstić information content (AvgIpc) is 2.80. The van der Waals surface area contributed by atoms with E-state index in [4.69, 9.17) is 5.11 Å². The van der Waals surface area contributed by atoms with Crippen molar-refractivity contribution in [3.05, 3.63) is 34.9 Å². The summed E-state index contributed by atoms with van der Waals surface area (Å²) in [7, 11) is 0. The first kappa shape index (κ1) is 15.2. The molecule has 2 N–H and O–H groups in total. The van der Waals surface area contributed by atoms with Gasteiger partial charge in [0.15, 0.2) is 5.65 Å². The van der Waals surface area contributed by atoms with Gasteiger partial charge in [-0.15, -0.1) is 5.10 Å². The summed E-state index contributed by atoms with van der Waals surface area (Å²) < 4.78 is 2.75. The summed E-state index contributed by atoms with van der Waals surface area (Å²) in [5.74, 6) is -0.121. The zero-order valence-corrected chi connectivity index (χ0v) is 12.0. The Bertz CT molecular complexity index is 662. The number of aliphatic hydroxyl groups excluding tert-OH is 1. The van der Waals surface area contributed by atoms with Crippen LogP contribution >= 0.6 is 0 Å². The quantitative estimate of drug-likeness (QED) is 0.761. The fourth-order valence-electron chi connectivity index (χ4n) is 2.14. The number of aliphatic hydroxyl groups is 1. The molecule has 2 heterocycles. The van der Waals surface area contributed by atoms with Gasteiger partial charge in [-0.3, -0.25) is 9.20 Å². The second-order valence-corrected chi connectivity index (χ2v) is 5.02. The van der Waals surface area contributed by atoms with Crippen molar-refractivity contribution in [1.29, 1.82) is 0 Å². The number of carbonyl (C=O) groups is 1. The van der Waals surface area contributed by atoms with E-state index in [-0.39, 0.29) is 37.2 Å². The van der Waals surface area contributed by atoms with E-state index in [0.29, 0.717) is 12.1 Å². The predicted molar refractivity (Wildman–Crippen MR) is 78.0 cm³/mol. The van der Waals surface area contributed by atoms with Crippen LogP contribution in [0.15, 0.2) is 29.2 Å². The van der Waals surface area contributed by atoms with Crippen LogP contribution in [0.4, 0.5) is 0 Å². The first-order chi connectivity index (χ1) is 10.1. The molecule has 0 bridgehead atoms. The molecule has 114 valence electrons. The fourth-order valence-corrected chi connectivity index (χ4v) is 2.14. The Kier molecular flexibility index (Phi) is 5.10. The van der Waals surface area contributed by atoms with Crippen molar-refractivity contribution >= 4 is 11.6 Å². The molecule has 0 aromatic carbocycles. The third-order valence-corrected chi connectivity index (χ3v) is 3.24. The molecular formula is C14H20N4O3. The zero-order valence-electron chi connectivity index (χ0n) is 12.0. The predicted octanol–water partition coefficient (Wildman–Crippen LogP) is 0.163. The number of carbonyl (C=O) groups excluding carboxylic acids is 1. The van der Waals surface area contributed by atoms with E-state index in [0.717, 1.165) is 6.42 Å². The van der Waals surface area contributed by atoms with Gasteiger partial charge in [0.1, 0.15) is 0 Å². The first-order valence-electron chi connectivity index (χ1n) is 7.06. The number of rotatable bonds is 7. The van der Waals surface area contributed by atoms with Gasteiger partial charge in [-0.05, 0) is 31.9 Å². The summed E-state index contributed by atoms with van der Waals surface area (Å²) in [6.45, 7) is 2.26. The van der Waals surface area contributed by atoms with Crippen molar-refractivity contribution in [3.8, 4) is 0 Å². The van der Waals surface area contributed by atoms with Crippen LogP contribution in [0.1, 0.15) is 26.2 Å². The number of nitrogens with zero attached hydrogens (tertiary/aromatic N) is 3. The minimum atomic E-state index is -0.244. The number of nitrogens with one attached hydrogen (secondary N) is 1. The van der Waals surface area contributed by atoms with E-state index >= 15 is 0 Å². The summed E-state index contributed by atoms with van der Waals surface area (Å²) in [6.07, 6.45) is 3.25. The summed E-state index contributed by atoms with van der Waals surface area (Å²) in [4.78, 5) is 23.8. The second-order valence-electron chi connectivity index (χ2n) is 5.02. The van der Waals surface area contributed by atoms with Crippen LogP contribution in [0.5, 0.6) is 0 Å². The molecule has 21 heavy (non-hydrogen) atoms. The van der Waals surface area contributed by atoms with Gasteiger partial charge in [0, 0.05) is 25.3 Å². The zero-order chi connectivity index (χ0) is 15.2. The Hall–Kier alpha value is -2.15. The third kappa shape index (κ3) is 3.91. The molecule has 7 heteroatoms. The maximum atomic E-state index is 12.0. The maximum Gasteiger partial charge on any atom is 0.350 e. The third-order valence-electron chi connectivity index (χ3n) is 3.24. The molecule has 2 rings (SSSR count). The summed E-state index contributed by atoms with van der Waals surface area (Å²) in [5, 5.41) is 15.7. The molecule has 0 spiro atoms. The molecule has 7 nitrogen and oxygen atoms in total. The SMILES string of the molecule is CC(CCCO)NC(=O)CCn1nc2ccccn2c1=O. The second kappa shape index (κ2) is 7.03. The highest BCUT2D eigenvalue weighted by atomic mass is 16.3. The molecule has 1 unspecified atom stereocenters. The van der Waals surface area contributed by atoms with Crippen molar-refractivity contribution in [3.63, 3.8) is 0 Å². The van der Waals surface area contributed by atoms with Crippen LogP contribution in [-0.2, 0) is 11.3 Å². The Balaban J connectivity index is 1.91. The van der Waals surface area contributed by atoms with Crippen molar-refractivity contribution in [2.24, 2.45) is 0 Å². The van der Waals surface area contributed by atoms with Gasteiger partial charge in [0.25, 0.3) is 0 Å². The molecule has 2 aromatic rings. The lowest BCUT2D eigenvalue weighted by Gasteiger charge is -2.12. The fraction of sp³-hybridized carbons (Fsp3) is 0.500. The van der Waals surface area contributed by atoms with Crippen LogP contribution in [0, 0.1) is 0 Å². The van der Waals surface area contributed by atoms with Crippen LogP contribution in [0.3, 0.4) is 0 Å². The summed E-state index contributed by atoms with van der Waals surface area (Å²) in [5.41, 5.74) is 0.325. The minimum Gasteiger partial charge on any atom is -0.396 e. The van der Waals surface area contributed by atoms with Gasteiger partial charge >= 0.3 is 5.69 Å². The van der Waals surface area contributed by atoms with E-state index in [1.807, 2.05) is 13.0 Å². The van der Waals surface area contributed by atoms with Crippen molar-refractivity contribution < 1.29 is 9.90 Å². The molecule has 0 aliphatic carbocycles. The molecule has 2 aromatic heterocycles. The molecule has 0 fully saturated rings. The highest BCUT2D eigenvalue weighted by molar-refractivity contribution is 5.76. The van der Waals surface area contributed by atoms with E-state index in [9.17, 15) is 9.59 Å². The maximum absolute atomic E-state index is 12.0. The smallest absolute Gasteiger partial charge is 0.350 e. The lowest BCUT2D eigenvalue weighted by atomic mass is 10.2. The van der Waals surface area contributed by atoms with Gasteiger partial charge < -0.3 is 10.4 Å². The van der Waals surface area contributed by atoms with Gasteiger partial charge in [-0.2, -0.15) is 0 Å². The molecule has 0 saturated carbocycles. The van der Waals surface area contributed by atoms with Crippen LogP contribution in [-0.4, -0.2) is 37.8 Å². The molecule has 0 aliphatic heterocycles. The standard InChI is InChI=1S/C14H20N4O3/c1-11(5-4-10-19)15-13(20)7-9-18-14(21)17-8-3-2-6-12(17)16-18/h2-3,6,8,11,19H,4-5,7,9-10H2,1H3,(H,15,20). The van der Waals surface area contributed by atoms with Crippen LogP contribution in [0.25, 0.3) is 5.65 Å². The Labute approximate surface area is 122 Å². The van der Waals surface area contributed by atoms with E-state index < -0.39 is 0 Å². The Morgan fingerprint density at radius 3 is 3.00 bits per heavy atom. The van der Waals surface area contributed by atoms with Gasteiger partial charge in [-0.1, -0.05) is 6.07 Å². The minimum absolute atomic E-state index is 0.0161. The van der Waals surface area contributed by atoms with Gasteiger partial charge in [0.2, 0.25) is 5.91 Å². The van der Waals surface area contributed by atoms with Gasteiger partial charge in [-0.25, -0.2) is 9.48 Å². The van der Waals surface area contributed by atoms with Crippen LogP contribution in [0.2, 0.25) is 0 Å². The largest absolute Gasteiger partial charge is 0.396 e. The normalized spacial score (nSPS) is 12.5. The lowest BCUT2D eigenvalue weighted by Crippen LogP contribution is -2.34. The molecule has 0 aliphatic rings. The average molecular weight is 292 g/mol. The van der Waals surface area contributed by atoms with Crippen molar-refractivity contribution in [2.75, 3.05) is 6.61 Å². The van der Waals surface area contributed by atoms with E-state index in [2.05, 4.69) is 10.4 Å². The molecular weight excluding hydrogens is 272 g/mol. The summed E-state index contributed by atoms with van der Waals surface area (Å²) >= 11 is 0. The topological polar surface area (TPSA) is 88.6 Å². The number of hydrogen-bond acceptors (Lipinski definition) is 4. The van der Waals surface area contributed by atoms with Gasteiger partial charge in [0.05, 0.1) is 6.54 Å². The molecule has 0 saturated heterocycles. The Morgan fingerprint density at radius 1 is 1.48 bits per heavy atom. The number of fused-ring (bicyclic) bond motifs is 1. The molecule has 1 amide bonds. The van der Waals surface area contributed by atoms with E-state index in [1.165, 1.54) is 9.08 Å². The lowest BCUT2D eigenvalue weighted by molar-refractivity contribution is -0.122. The van der Waals surface area contributed by atoms with Crippen molar-refractivity contribution in [1.82, 2.24) is 19.5 Å². The van der Waals surface area contributed by atoms with E-state index in [1.54, 1.807) is 18.3 Å². The van der Waals surface area contributed by atoms with Crippen LogP contribution < -0.4 is 11.0 Å². The number of pyridine rings is 1. The number of aryl methyl sites for hydroxylation is 1. The number of aromatic nitrogens is 3. The molecule has 0 radical (unpaired) electrons. The monoisotopic (exact) mass is 292 g/mol. The number of hydrogen-bond donors (Lipinski definition) is 2.